The van der Waals surface area contributed by atoms with Gasteiger partial charge in [0.2, 0.25) is 0 Å². The van der Waals surface area contributed by atoms with Gasteiger partial charge in [0.15, 0.2) is 0 Å². The molecular weight excluding hydrogens is 574 g/mol. The predicted octanol–water partition coefficient (Wildman–Crippen LogP) is 11.3. The van der Waals surface area contributed by atoms with Crippen LogP contribution in [-0.4, -0.2) is 9.13 Å². The van der Waals surface area contributed by atoms with Crippen molar-refractivity contribution in [2.45, 2.75) is 0 Å². The number of hydrogen-bond acceptors (Lipinski definition) is 2. The Morgan fingerprint density at radius 3 is 1.72 bits per heavy atom. The van der Waals surface area contributed by atoms with Gasteiger partial charge < -0.3 is 13.6 Å². The Hall–Kier alpha value is -6.57. The lowest BCUT2D eigenvalue weighted by atomic mass is 9.99. The third kappa shape index (κ3) is 3.63. The van der Waals surface area contributed by atoms with Crippen LogP contribution in [0.5, 0.6) is 0 Å². The van der Waals surface area contributed by atoms with E-state index in [0.717, 1.165) is 66.5 Å². The summed E-state index contributed by atoms with van der Waals surface area (Å²) in [6.07, 6.45) is 0. The van der Waals surface area contributed by atoms with E-state index in [1.807, 2.05) is 36.4 Å². The Labute approximate surface area is 269 Å². The van der Waals surface area contributed by atoms with E-state index < -0.39 is 0 Å². The molecule has 0 aliphatic heterocycles. The Kier molecular flexibility index (Phi) is 5.32. The third-order valence-electron chi connectivity index (χ3n) is 9.53. The second-order valence-electron chi connectivity index (χ2n) is 12.1. The number of para-hydroxylation sites is 4. The van der Waals surface area contributed by atoms with E-state index in [9.17, 15) is 5.26 Å². The Morgan fingerprint density at radius 2 is 1.02 bits per heavy atom. The maximum absolute atomic E-state index is 10.2. The highest BCUT2D eigenvalue weighted by Gasteiger charge is 2.21. The molecule has 4 nitrogen and oxygen atoms in total. The smallest absolute Gasteiger partial charge is 0.137 e. The zero-order valence-electron chi connectivity index (χ0n) is 25.2. The first-order chi connectivity index (χ1) is 23.3. The standard InChI is InChI=1S/C43H25N3O/c44-26-27-11-1-2-12-31(27)28-23-29(45-37-17-7-3-13-32(37)33-14-4-8-18-38(33)45)25-30(24-28)46-39-19-9-5-15-34(39)35-21-22-41-42(43(35)46)36-16-6-10-20-40(36)47-41/h1-25H. The van der Waals surface area contributed by atoms with Crippen LogP contribution in [0.25, 0.3) is 88.1 Å². The number of nitriles is 1. The molecule has 10 aromatic rings. The van der Waals surface area contributed by atoms with E-state index in [0.29, 0.717) is 5.56 Å². The van der Waals surface area contributed by atoms with Gasteiger partial charge in [0.05, 0.1) is 39.1 Å². The summed E-state index contributed by atoms with van der Waals surface area (Å²) < 4.78 is 11.1. The van der Waals surface area contributed by atoms with Crippen LogP contribution in [0.4, 0.5) is 0 Å². The normalized spacial score (nSPS) is 11.8. The van der Waals surface area contributed by atoms with Crippen LogP contribution in [0.2, 0.25) is 0 Å². The molecule has 0 fully saturated rings. The molecule has 0 bridgehead atoms. The molecule has 0 radical (unpaired) electrons. The molecule has 10 rings (SSSR count). The minimum Gasteiger partial charge on any atom is -0.456 e. The van der Waals surface area contributed by atoms with Crippen molar-refractivity contribution in [1.82, 2.24) is 9.13 Å². The van der Waals surface area contributed by atoms with Crippen molar-refractivity contribution in [3.05, 3.63) is 157 Å². The van der Waals surface area contributed by atoms with Crippen LogP contribution in [0.3, 0.4) is 0 Å². The van der Waals surface area contributed by atoms with Gasteiger partial charge >= 0.3 is 0 Å². The highest BCUT2D eigenvalue weighted by molar-refractivity contribution is 6.24. The molecule has 0 aliphatic carbocycles. The van der Waals surface area contributed by atoms with E-state index >= 15 is 0 Å². The van der Waals surface area contributed by atoms with Crippen LogP contribution < -0.4 is 0 Å². The molecule has 0 amide bonds. The highest BCUT2D eigenvalue weighted by Crippen LogP contribution is 2.42. The van der Waals surface area contributed by atoms with Crippen molar-refractivity contribution in [1.29, 1.82) is 5.26 Å². The zero-order valence-corrected chi connectivity index (χ0v) is 25.2. The minimum atomic E-state index is 0.642. The van der Waals surface area contributed by atoms with Gasteiger partial charge in [-0.1, -0.05) is 91.0 Å². The lowest BCUT2D eigenvalue weighted by Crippen LogP contribution is -2.00. The number of aromatic nitrogens is 2. The molecule has 7 aromatic carbocycles. The van der Waals surface area contributed by atoms with Gasteiger partial charge in [-0.15, -0.1) is 0 Å². The van der Waals surface area contributed by atoms with Crippen LogP contribution >= 0.6 is 0 Å². The molecule has 0 unspecified atom stereocenters. The Balaban J connectivity index is 1.39. The average Bonchev–Trinajstić information content (AvgIpc) is 3.79. The minimum absolute atomic E-state index is 0.642. The van der Waals surface area contributed by atoms with Crippen molar-refractivity contribution in [3.8, 4) is 28.6 Å². The van der Waals surface area contributed by atoms with Gasteiger partial charge in [-0.2, -0.15) is 5.26 Å². The summed E-state index contributed by atoms with van der Waals surface area (Å²) in [6.45, 7) is 0. The van der Waals surface area contributed by atoms with E-state index in [1.54, 1.807) is 0 Å². The van der Waals surface area contributed by atoms with Crippen LogP contribution in [0.15, 0.2) is 156 Å². The van der Waals surface area contributed by atoms with Gasteiger partial charge in [0.25, 0.3) is 0 Å². The second kappa shape index (κ2) is 9.71. The first-order valence-electron chi connectivity index (χ1n) is 15.8. The largest absolute Gasteiger partial charge is 0.456 e. The van der Waals surface area contributed by atoms with Crippen molar-refractivity contribution in [2.75, 3.05) is 0 Å². The summed E-state index contributed by atoms with van der Waals surface area (Å²) in [7, 11) is 0. The number of hydrogen-bond donors (Lipinski definition) is 0. The Bertz CT molecular complexity index is 2880. The van der Waals surface area contributed by atoms with Gasteiger partial charge in [-0.3, -0.25) is 0 Å². The van der Waals surface area contributed by atoms with Gasteiger partial charge in [-0.05, 0) is 71.8 Å². The number of rotatable bonds is 3. The van der Waals surface area contributed by atoms with Crippen molar-refractivity contribution < 1.29 is 4.42 Å². The fourth-order valence-electron chi connectivity index (χ4n) is 7.58. The molecule has 0 atom stereocenters. The first kappa shape index (κ1) is 25.7. The maximum Gasteiger partial charge on any atom is 0.137 e. The quantitative estimate of drug-likeness (QED) is 0.203. The molecular formula is C43H25N3O. The van der Waals surface area contributed by atoms with Crippen molar-refractivity contribution in [3.63, 3.8) is 0 Å². The molecule has 47 heavy (non-hydrogen) atoms. The summed E-state index contributed by atoms with van der Waals surface area (Å²) in [5.74, 6) is 0. The lowest BCUT2D eigenvalue weighted by Gasteiger charge is -2.16. The van der Waals surface area contributed by atoms with E-state index in [1.165, 1.54) is 21.5 Å². The molecule has 218 valence electrons. The maximum atomic E-state index is 10.2. The molecule has 0 aliphatic rings. The van der Waals surface area contributed by atoms with E-state index in [-0.39, 0.29) is 0 Å². The summed E-state index contributed by atoms with van der Waals surface area (Å²) >= 11 is 0. The summed E-state index contributed by atoms with van der Waals surface area (Å²) in [6, 6.07) is 55.3. The lowest BCUT2D eigenvalue weighted by molar-refractivity contribution is 0.669. The fraction of sp³-hybridized carbons (Fsp3) is 0. The summed E-state index contributed by atoms with van der Waals surface area (Å²) in [4.78, 5) is 0. The molecule has 3 aromatic heterocycles. The summed E-state index contributed by atoms with van der Waals surface area (Å²) in [5.41, 5.74) is 10.8. The molecule has 0 saturated heterocycles. The molecule has 0 N–H and O–H groups in total. The van der Waals surface area contributed by atoms with Crippen LogP contribution in [0, 0.1) is 11.3 Å². The first-order valence-corrected chi connectivity index (χ1v) is 15.8. The van der Waals surface area contributed by atoms with Crippen LogP contribution in [0.1, 0.15) is 5.56 Å². The van der Waals surface area contributed by atoms with Crippen LogP contribution in [-0.2, 0) is 0 Å². The summed E-state index contributed by atoms with van der Waals surface area (Å²) in [5, 5.41) is 17.1. The fourth-order valence-corrected chi connectivity index (χ4v) is 7.58. The van der Waals surface area contributed by atoms with Crippen molar-refractivity contribution in [2.24, 2.45) is 0 Å². The number of benzene rings is 7. The number of fused-ring (bicyclic) bond motifs is 10. The van der Waals surface area contributed by atoms with Gasteiger partial charge in [0, 0.05) is 38.3 Å². The third-order valence-corrected chi connectivity index (χ3v) is 9.53. The zero-order chi connectivity index (χ0) is 31.1. The number of furan rings is 1. The Morgan fingerprint density at radius 1 is 0.468 bits per heavy atom. The monoisotopic (exact) mass is 599 g/mol. The molecule has 3 heterocycles. The topological polar surface area (TPSA) is 46.8 Å². The average molecular weight is 600 g/mol. The van der Waals surface area contributed by atoms with Gasteiger partial charge in [-0.25, -0.2) is 0 Å². The SMILES string of the molecule is N#Cc1ccccc1-c1cc(-n2c3ccccc3c3ccccc32)cc(-n2c3ccccc3c3ccc4oc5ccccc5c4c32)c1. The highest BCUT2D eigenvalue weighted by atomic mass is 16.3. The van der Waals surface area contributed by atoms with Gasteiger partial charge in [0.1, 0.15) is 11.2 Å². The van der Waals surface area contributed by atoms with E-state index in [4.69, 9.17) is 4.42 Å². The second-order valence-corrected chi connectivity index (χ2v) is 12.1. The van der Waals surface area contributed by atoms with E-state index in [2.05, 4.69) is 130 Å². The molecule has 0 saturated carbocycles. The van der Waals surface area contributed by atoms with Crippen molar-refractivity contribution >= 4 is 65.6 Å². The molecule has 4 heteroatoms. The number of nitrogens with zero attached hydrogens (tertiary/aromatic N) is 3. The molecule has 0 spiro atoms. The predicted molar refractivity (Wildman–Crippen MR) is 193 cm³/mol.